The zero-order valence-electron chi connectivity index (χ0n) is 11.2. The van der Waals surface area contributed by atoms with Gasteiger partial charge >= 0.3 is 0 Å². The van der Waals surface area contributed by atoms with Crippen LogP contribution in [0.25, 0.3) is 0 Å². The normalized spacial score (nSPS) is 15.0. The first-order valence-electron chi connectivity index (χ1n) is 6.89. The first-order chi connectivity index (χ1) is 9.33. The van der Waals surface area contributed by atoms with Gasteiger partial charge in [-0.25, -0.2) is 4.98 Å². The van der Waals surface area contributed by atoms with Crippen LogP contribution in [0.3, 0.4) is 0 Å². The second-order valence-electron chi connectivity index (χ2n) is 5.05. The zero-order chi connectivity index (χ0) is 13.1. The maximum absolute atomic E-state index is 5.16. The highest BCUT2D eigenvalue weighted by atomic mass is 16.5. The van der Waals surface area contributed by atoms with E-state index >= 15 is 0 Å². The summed E-state index contributed by atoms with van der Waals surface area (Å²) in [7, 11) is 0. The van der Waals surface area contributed by atoms with Crippen LogP contribution < -0.4 is 5.32 Å². The van der Waals surface area contributed by atoms with Crippen molar-refractivity contribution >= 4 is 0 Å². The minimum absolute atomic E-state index is 0.615. The van der Waals surface area contributed by atoms with Gasteiger partial charge in [-0.2, -0.15) is 4.98 Å². The van der Waals surface area contributed by atoms with Crippen LogP contribution in [-0.2, 0) is 19.5 Å². The molecule has 0 saturated heterocycles. The fourth-order valence-corrected chi connectivity index (χ4v) is 1.95. The van der Waals surface area contributed by atoms with E-state index in [1.54, 1.807) is 0 Å². The minimum Gasteiger partial charge on any atom is -0.339 e. The second kappa shape index (κ2) is 5.52. The molecule has 2 heterocycles. The molecular weight excluding hydrogens is 242 g/mol. The summed E-state index contributed by atoms with van der Waals surface area (Å²) in [6.07, 6.45) is 8.30. The van der Waals surface area contributed by atoms with Crippen molar-refractivity contribution in [3.63, 3.8) is 0 Å². The Morgan fingerprint density at radius 1 is 1.47 bits per heavy atom. The van der Waals surface area contributed by atoms with E-state index in [1.165, 1.54) is 12.8 Å². The molecule has 0 unspecified atom stereocenters. The number of nitrogens with zero attached hydrogens (tertiary/aromatic N) is 4. The lowest BCUT2D eigenvalue weighted by atomic mass is 10.3. The molecule has 0 radical (unpaired) electrons. The van der Waals surface area contributed by atoms with Crippen molar-refractivity contribution in [3.8, 4) is 0 Å². The number of aromatic nitrogens is 4. The van der Waals surface area contributed by atoms with Gasteiger partial charge < -0.3 is 14.4 Å². The van der Waals surface area contributed by atoms with Crippen LogP contribution in [0.4, 0.5) is 0 Å². The lowest BCUT2D eigenvalue weighted by Crippen LogP contribution is -2.15. The van der Waals surface area contributed by atoms with E-state index in [9.17, 15) is 0 Å². The van der Waals surface area contributed by atoms with Gasteiger partial charge in [0.1, 0.15) is 0 Å². The van der Waals surface area contributed by atoms with Crippen molar-refractivity contribution in [1.82, 2.24) is 25.0 Å². The van der Waals surface area contributed by atoms with E-state index in [1.807, 2.05) is 17.1 Å². The van der Waals surface area contributed by atoms with Gasteiger partial charge in [0, 0.05) is 25.2 Å². The van der Waals surface area contributed by atoms with E-state index in [-0.39, 0.29) is 0 Å². The highest BCUT2D eigenvalue weighted by Crippen LogP contribution is 2.19. The number of rotatable bonds is 7. The van der Waals surface area contributed by atoms with Crippen molar-refractivity contribution in [2.24, 2.45) is 0 Å². The lowest BCUT2D eigenvalue weighted by molar-refractivity contribution is 0.371. The molecule has 2 aromatic heterocycles. The monoisotopic (exact) mass is 261 g/mol. The smallest absolute Gasteiger partial charge is 0.226 e. The van der Waals surface area contributed by atoms with E-state index < -0.39 is 0 Å². The van der Waals surface area contributed by atoms with Crippen molar-refractivity contribution in [2.75, 3.05) is 0 Å². The molecule has 102 valence electrons. The first-order valence-corrected chi connectivity index (χ1v) is 6.89. The Morgan fingerprint density at radius 3 is 3.16 bits per heavy atom. The Morgan fingerprint density at radius 2 is 2.37 bits per heavy atom. The van der Waals surface area contributed by atoms with Crippen LogP contribution in [0.1, 0.15) is 43.6 Å². The van der Waals surface area contributed by atoms with Crippen molar-refractivity contribution in [1.29, 1.82) is 0 Å². The zero-order valence-corrected chi connectivity index (χ0v) is 11.2. The Labute approximate surface area is 112 Å². The molecule has 1 aliphatic carbocycles. The minimum atomic E-state index is 0.615. The third-order valence-electron chi connectivity index (χ3n) is 3.13. The standard InChI is InChI=1S/C13H19N5O/c1-2-3-13-16-12(17-19-13)8-18-7-11(15-9-18)6-14-10-4-5-10/h7,9-10,14H,2-6,8H2,1H3. The molecule has 0 bridgehead atoms. The Balaban J connectivity index is 1.55. The summed E-state index contributed by atoms with van der Waals surface area (Å²) in [5.41, 5.74) is 1.06. The first kappa shape index (κ1) is 12.3. The van der Waals surface area contributed by atoms with Gasteiger partial charge in [0.05, 0.1) is 18.6 Å². The molecule has 0 spiro atoms. The fourth-order valence-electron chi connectivity index (χ4n) is 1.95. The predicted molar refractivity (Wildman–Crippen MR) is 69.5 cm³/mol. The van der Waals surface area contributed by atoms with Gasteiger partial charge in [-0.05, 0) is 19.3 Å². The van der Waals surface area contributed by atoms with E-state index in [0.29, 0.717) is 24.3 Å². The number of imidazole rings is 1. The summed E-state index contributed by atoms with van der Waals surface area (Å²) < 4.78 is 7.15. The molecule has 19 heavy (non-hydrogen) atoms. The van der Waals surface area contributed by atoms with Crippen LogP contribution >= 0.6 is 0 Å². The van der Waals surface area contributed by atoms with Gasteiger partial charge in [-0.3, -0.25) is 0 Å². The third kappa shape index (κ3) is 3.41. The van der Waals surface area contributed by atoms with Crippen LogP contribution in [-0.4, -0.2) is 25.7 Å². The van der Waals surface area contributed by atoms with Crippen LogP contribution in [0.15, 0.2) is 17.0 Å². The number of hydrogen-bond acceptors (Lipinski definition) is 5. The molecule has 6 nitrogen and oxygen atoms in total. The molecule has 0 amide bonds. The summed E-state index contributed by atoms with van der Waals surface area (Å²) >= 11 is 0. The van der Waals surface area contributed by atoms with E-state index in [0.717, 1.165) is 25.1 Å². The van der Waals surface area contributed by atoms with Gasteiger partial charge in [0.15, 0.2) is 5.82 Å². The molecule has 2 aromatic rings. The fraction of sp³-hybridized carbons (Fsp3) is 0.615. The van der Waals surface area contributed by atoms with Gasteiger partial charge in [-0.15, -0.1) is 0 Å². The van der Waals surface area contributed by atoms with Gasteiger partial charge in [0.25, 0.3) is 0 Å². The van der Waals surface area contributed by atoms with E-state index in [4.69, 9.17) is 4.52 Å². The Hall–Kier alpha value is -1.69. The van der Waals surface area contributed by atoms with Crippen LogP contribution in [0.2, 0.25) is 0 Å². The summed E-state index contributed by atoms with van der Waals surface area (Å²) in [5.74, 6) is 1.43. The van der Waals surface area contributed by atoms with Crippen LogP contribution in [0.5, 0.6) is 0 Å². The molecule has 1 aliphatic rings. The van der Waals surface area contributed by atoms with Gasteiger partial charge in [0.2, 0.25) is 5.89 Å². The molecule has 3 rings (SSSR count). The molecule has 0 atom stereocenters. The summed E-state index contributed by atoms with van der Waals surface area (Å²) in [4.78, 5) is 8.72. The SMILES string of the molecule is CCCc1nc(Cn2cnc(CNC3CC3)c2)no1. The molecule has 1 N–H and O–H groups in total. The summed E-state index contributed by atoms with van der Waals surface area (Å²) in [5, 5.41) is 7.42. The maximum atomic E-state index is 5.16. The highest BCUT2D eigenvalue weighted by Gasteiger charge is 2.20. The summed E-state index contributed by atoms with van der Waals surface area (Å²) in [6, 6.07) is 0.707. The average molecular weight is 261 g/mol. The van der Waals surface area contributed by atoms with Crippen molar-refractivity contribution < 1.29 is 4.52 Å². The number of aryl methyl sites for hydroxylation is 1. The van der Waals surface area contributed by atoms with Gasteiger partial charge in [-0.1, -0.05) is 12.1 Å². The molecule has 6 heteroatoms. The molecule has 0 aliphatic heterocycles. The van der Waals surface area contributed by atoms with E-state index in [2.05, 4.69) is 27.4 Å². The van der Waals surface area contributed by atoms with Crippen LogP contribution in [0, 0.1) is 0 Å². The predicted octanol–water partition coefficient (Wildman–Crippen LogP) is 1.52. The Bertz CT molecular complexity index is 529. The molecule has 1 saturated carbocycles. The van der Waals surface area contributed by atoms with Crippen molar-refractivity contribution in [2.45, 2.75) is 51.7 Å². The molecular formula is C13H19N5O. The lowest BCUT2D eigenvalue weighted by Gasteiger charge is -1.98. The highest BCUT2D eigenvalue weighted by molar-refractivity contribution is 5.00. The topological polar surface area (TPSA) is 68.8 Å². The Kier molecular flexibility index (Phi) is 3.59. The second-order valence-corrected chi connectivity index (χ2v) is 5.05. The molecule has 0 aromatic carbocycles. The number of hydrogen-bond donors (Lipinski definition) is 1. The average Bonchev–Trinajstić information content (AvgIpc) is 2.97. The van der Waals surface area contributed by atoms with Crippen molar-refractivity contribution in [3.05, 3.63) is 29.9 Å². The molecule has 1 fully saturated rings. The summed E-state index contributed by atoms with van der Waals surface area (Å²) in [6.45, 7) is 3.55. The maximum Gasteiger partial charge on any atom is 0.226 e. The largest absolute Gasteiger partial charge is 0.339 e. The number of nitrogens with one attached hydrogen (secondary N) is 1. The third-order valence-corrected chi connectivity index (χ3v) is 3.13. The quantitative estimate of drug-likeness (QED) is 0.818.